The first-order valence-electron chi connectivity index (χ1n) is 9.47. The summed E-state index contributed by atoms with van der Waals surface area (Å²) in [6, 6.07) is 0. The summed E-state index contributed by atoms with van der Waals surface area (Å²) in [5.74, 6) is 4.76. The average molecular weight is 288 g/mol. The molecule has 0 spiro atoms. The van der Waals surface area contributed by atoms with E-state index in [-0.39, 0.29) is 6.10 Å². The molecule has 0 radical (unpaired) electrons. The predicted molar refractivity (Wildman–Crippen MR) is 86.9 cm³/mol. The van der Waals surface area contributed by atoms with Crippen LogP contribution < -0.4 is 0 Å². The smallest absolute Gasteiger partial charge is 0.0543 e. The molecule has 7 unspecified atom stereocenters. The van der Waals surface area contributed by atoms with Crippen molar-refractivity contribution in [2.45, 2.75) is 77.7 Å². The molecule has 0 amide bonds. The van der Waals surface area contributed by atoms with Gasteiger partial charge in [0.05, 0.1) is 6.10 Å². The molecule has 0 bridgehead atoms. The lowest BCUT2D eigenvalue weighted by atomic mass is 9.50. The van der Waals surface area contributed by atoms with Crippen molar-refractivity contribution in [1.29, 1.82) is 0 Å². The summed E-state index contributed by atoms with van der Waals surface area (Å²) >= 11 is 0. The highest BCUT2D eigenvalue weighted by Gasteiger charge is 2.54. The van der Waals surface area contributed by atoms with Gasteiger partial charge in [0.15, 0.2) is 0 Å². The van der Waals surface area contributed by atoms with Gasteiger partial charge in [-0.05, 0) is 99.7 Å². The lowest BCUT2D eigenvalue weighted by Gasteiger charge is -2.55. The summed E-state index contributed by atoms with van der Waals surface area (Å²) in [4.78, 5) is 0. The van der Waals surface area contributed by atoms with Gasteiger partial charge in [-0.15, -0.1) is 0 Å². The minimum atomic E-state index is 0.0118. The van der Waals surface area contributed by atoms with Crippen LogP contribution in [0.2, 0.25) is 0 Å². The summed E-state index contributed by atoms with van der Waals surface area (Å²) in [5.41, 5.74) is 2.31. The van der Waals surface area contributed by atoms with Crippen molar-refractivity contribution in [1.82, 2.24) is 0 Å². The van der Waals surface area contributed by atoms with Gasteiger partial charge in [-0.2, -0.15) is 0 Å². The zero-order chi connectivity index (χ0) is 14.6. The van der Waals surface area contributed by atoms with Crippen LogP contribution >= 0.6 is 0 Å². The highest BCUT2D eigenvalue weighted by molar-refractivity contribution is 5.23. The first-order valence-corrected chi connectivity index (χ1v) is 9.47. The molecule has 21 heavy (non-hydrogen) atoms. The summed E-state index contributed by atoms with van der Waals surface area (Å²) < 4.78 is 0. The van der Waals surface area contributed by atoms with Gasteiger partial charge >= 0.3 is 0 Å². The maximum absolute atomic E-state index is 9.99. The number of allylic oxidation sites excluding steroid dienone is 2. The molecular weight excluding hydrogens is 256 g/mol. The Morgan fingerprint density at radius 3 is 2.62 bits per heavy atom. The summed E-state index contributed by atoms with van der Waals surface area (Å²) in [7, 11) is 0. The Morgan fingerprint density at radius 1 is 1.00 bits per heavy atom. The lowest BCUT2D eigenvalue weighted by Crippen LogP contribution is -2.48. The standard InChI is InChI=1S/C20H32O/c1-3-14-5-9-19-18-7-4-13-12-15(21)6-8-16(13)17(18)10-11-20(14,19)2/h3,13,15-19,21H,4-12H2,1-2H3/b14-3-. The fraction of sp³-hybridized carbons (Fsp3) is 0.900. The topological polar surface area (TPSA) is 20.2 Å². The average Bonchev–Trinajstić information content (AvgIpc) is 2.83. The van der Waals surface area contributed by atoms with Crippen molar-refractivity contribution in [3.8, 4) is 0 Å². The minimum Gasteiger partial charge on any atom is -0.393 e. The predicted octanol–water partition coefficient (Wildman–Crippen LogP) is 4.95. The molecule has 4 aliphatic rings. The monoisotopic (exact) mass is 288 g/mol. The Labute approximate surface area is 130 Å². The molecule has 118 valence electrons. The van der Waals surface area contributed by atoms with Gasteiger partial charge < -0.3 is 5.11 Å². The Kier molecular flexibility index (Phi) is 3.48. The van der Waals surface area contributed by atoms with E-state index in [4.69, 9.17) is 0 Å². The van der Waals surface area contributed by atoms with E-state index in [1.54, 1.807) is 5.57 Å². The molecule has 4 aliphatic carbocycles. The highest BCUT2D eigenvalue weighted by atomic mass is 16.3. The van der Waals surface area contributed by atoms with Crippen LogP contribution in [-0.2, 0) is 0 Å². The van der Waals surface area contributed by atoms with E-state index in [0.717, 1.165) is 42.4 Å². The van der Waals surface area contributed by atoms with Crippen molar-refractivity contribution in [3.63, 3.8) is 0 Å². The van der Waals surface area contributed by atoms with Gasteiger partial charge in [0.2, 0.25) is 0 Å². The van der Waals surface area contributed by atoms with Crippen LogP contribution in [0.3, 0.4) is 0 Å². The number of aliphatic hydroxyl groups is 1. The number of hydrogen-bond acceptors (Lipinski definition) is 1. The molecule has 0 aliphatic heterocycles. The SMILES string of the molecule is C/C=C1/CCC2C3CCC4CC(O)CCC4C3CCC12C. The van der Waals surface area contributed by atoms with Gasteiger partial charge in [0.1, 0.15) is 0 Å². The molecule has 4 fully saturated rings. The second kappa shape index (κ2) is 5.11. The third kappa shape index (κ3) is 2.06. The van der Waals surface area contributed by atoms with Crippen molar-refractivity contribution >= 4 is 0 Å². The molecule has 0 aromatic heterocycles. The molecule has 0 aromatic rings. The zero-order valence-electron chi connectivity index (χ0n) is 13.9. The Hall–Kier alpha value is -0.300. The number of rotatable bonds is 0. The summed E-state index contributed by atoms with van der Waals surface area (Å²) in [5, 5.41) is 9.99. The minimum absolute atomic E-state index is 0.0118. The number of aliphatic hydroxyl groups excluding tert-OH is 1. The van der Waals surface area contributed by atoms with E-state index in [2.05, 4.69) is 19.9 Å². The Bertz CT molecular complexity index is 439. The molecule has 0 aromatic carbocycles. The lowest BCUT2D eigenvalue weighted by molar-refractivity contribution is -0.0610. The maximum atomic E-state index is 9.99. The first kappa shape index (κ1) is 14.3. The quantitative estimate of drug-likeness (QED) is 0.626. The van der Waals surface area contributed by atoms with Gasteiger partial charge in [-0.1, -0.05) is 18.6 Å². The van der Waals surface area contributed by atoms with Crippen LogP contribution in [-0.4, -0.2) is 11.2 Å². The molecule has 1 nitrogen and oxygen atoms in total. The fourth-order valence-corrected chi connectivity index (χ4v) is 7.15. The largest absolute Gasteiger partial charge is 0.393 e. The molecule has 1 heteroatoms. The molecule has 7 atom stereocenters. The molecule has 0 heterocycles. The van der Waals surface area contributed by atoms with Gasteiger partial charge in [-0.25, -0.2) is 0 Å². The first-order chi connectivity index (χ1) is 10.1. The summed E-state index contributed by atoms with van der Waals surface area (Å²) in [6.45, 7) is 4.83. The molecule has 4 rings (SSSR count). The van der Waals surface area contributed by atoms with Crippen LogP contribution in [0.4, 0.5) is 0 Å². The van der Waals surface area contributed by atoms with Crippen LogP contribution in [0.15, 0.2) is 11.6 Å². The van der Waals surface area contributed by atoms with Crippen LogP contribution in [0.5, 0.6) is 0 Å². The van der Waals surface area contributed by atoms with Crippen molar-refractivity contribution < 1.29 is 5.11 Å². The second-order valence-electron chi connectivity index (χ2n) is 8.71. The molecular formula is C20H32O. The number of hydrogen-bond donors (Lipinski definition) is 1. The van der Waals surface area contributed by atoms with E-state index < -0.39 is 0 Å². The zero-order valence-corrected chi connectivity index (χ0v) is 13.9. The normalized spacial score (nSPS) is 54.9. The van der Waals surface area contributed by atoms with Gasteiger partial charge in [-0.3, -0.25) is 0 Å². The van der Waals surface area contributed by atoms with Crippen molar-refractivity contribution in [2.24, 2.45) is 35.0 Å². The van der Waals surface area contributed by atoms with Crippen LogP contribution in [0.25, 0.3) is 0 Å². The van der Waals surface area contributed by atoms with E-state index in [0.29, 0.717) is 5.41 Å². The van der Waals surface area contributed by atoms with Crippen molar-refractivity contribution in [2.75, 3.05) is 0 Å². The van der Waals surface area contributed by atoms with Crippen LogP contribution in [0, 0.1) is 35.0 Å². The molecule has 0 saturated heterocycles. The summed E-state index contributed by atoms with van der Waals surface area (Å²) in [6.07, 6.45) is 14.5. The van der Waals surface area contributed by atoms with E-state index >= 15 is 0 Å². The van der Waals surface area contributed by atoms with Crippen molar-refractivity contribution in [3.05, 3.63) is 11.6 Å². The van der Waals surface area contributed by atoms with E-state index in [1.165, 1.54) is 44.9 Å². The Balaban J connectivity index is 1.58. The van der Waals surface area contributed by atoms with E-state index in [1.807, 2.05) is 0 Å². The third-order valence-electron chi connectivity index (χ3n) is 8.12. The number of fused-ring (bicyclic) bond motifs is 5. The molecule has 1 N–H and O–H groups in total. The van der Waals surface area contributed by atoms with Gasteiger partial charge in [0, 0.05) is 0 Å². The highest BCUT2D eigenvalue weighted by Crippen LogP contribution is 2.63. The van der Waals surface area contributed by atoms with E-state index in [9.17, 15) is 5.11 Å². The molecule has 4 saturated carbocycles. The third-order valence-corrected chi connectivity index (χ3v) is 8.12. The van der Waals surface area contributed by atoms with Crippen LogP contribution in [0.1, 0.15) is 71.6 Å². The maximum Gasteiger partial charge on any atom is 0.0543 e. The Morgan fingerprint density at radius 2 is 1.81 bits per heavy atom. The fourth-order valence-electron chi connectivity index (χ4n) is 7.15. The van der Waals surface area contributed by atoms with Gasteiger partial charge in [0.25, 0.3) is 0 Å². The second-order valence-corrected chi connectivity index (χ2v) is 8.71.